The Morgan fingerprint density at radius 1 is 1.31 bits per heavy atom. The molecule has 16 heavy (non-hydrogen) atoms. The average Bonchev–Trinajstić information content (AvgIpc) is 2.59. The van der Waals surface area contributed by atoms with Gasteiger partial charge in [0.2, 0.25) is 0 Å². The number of anilines is 1. The molecule has 0 radical (unpaired) electrons. The molecule has 1 aromatic rings. The van der Waals surface area contributed by atoms with Crippen LogP contribution in [0.15, 0.2) is 18.3 Å². The SMILES string of the molecule is C[C@@H](O)c1ccc(N2CC(O)C(O)C2)cn1. The Labute approximate surface area is 94.0 Å². The number of nitrogens with zero attached hydrogens (tertiary/aromatic N) is 2. The van der Waals surface area contributed by atoms with Crippen molar-refractivity contribution in [2.75, 3.05) is 18.0 Å². The maximum Gasteiger partial charge on any atom is 0.0990 e. The van der Waals surface area contributed by atoms with E-state index in [1.807, 2.05) is 11.0 Å². The Morgan fingerprint density at radius 3 is 2.38 bits per heavy atom. The number of hydrogen-bond acceptors (Lipinski definition) is 5. The number of hydrogen-bond donors (Lipinski definition) is 3. The summed E-state index contributed by atoms with van der Waals surface area (Å²) in [5, 5.41) is 28.1. The summed E-state index contributed by atoms with van der Waals surface area (Å²) < 4.78 is 0. The van der Waals surface area contributed by atoms with Gasteiger partial charge in [0.15, 0.2) is 0 Å². The normalized spacial score (nSPS) is 27.1. The predicted octanol–water partition coefficient (Wildman–Crippen LogP) is -0.323. The van der Waals surface area contributed by atoms with Crippen molar-refractivity contribution in [3.63, 3.8) is 0 Å². The zero-order chi connectivity index (χ0) is 11.7. The lowest BCUT2D eigenvalue weighted by Crippen LogP contribution is -2.22. The number of aromatic nitrogens is 1. The Bertz CT molecular complexity index is 343. The molecule has 0 saturated carbocycles. The second kappa shape index (κ2) is 4.37. The van der Waals surface area contributed by atoms with Gasteiger partial charge < -0.3 is 20.2 Å². The summed E-state index contributed by atoms with van der Waals surface area (Å²) in [6, 6.07) is 3.58. The maximum absolute atomic E-state index is 9.42. The van der Waals surface area contributed by atoms with Crippen LogP contribution < -0.4 is 4.90 Å². The zero-order valence-corrected chi connectivity index (χ0v) is 9.11. The van der Waals surface area contributed by atoms with Crippen LogP contribution in [0.2, 0.25) is 0 Å². The van der Waals surface area contributed by atoms with E-state index in [9.17, 15) is 15.3 Å². The van der Waals surface area contributed by atoms with Gasteiger partial charge in [0.05, 0.1) is 35.9 Å². The monoisotopic (exact) mass is 224 g/mol. The summed E-state index contributed by atoms with van der Waals surface area (Å²) in [6.07, 6.45) is -0.330. The van der Waals surface area contributed by atoms with Crippen molar-refractivity contribution >= 4 is 5.69 Å². The first-order valence-corrected chi connectivity index (χ1v) is 5.33. The third kappa shape index (κ3) is 2.16. The molecule has 5 heteroatoms. The van der Waals surface area contributed by atoms with Gasteiger partial charge >= 0.3 is 0 Å². The maximum atomic E-state index is 9.42. The van der Waals surface area contributed by atoms with E-state index in [1.165, 1.54) is 0 Å². The van der Waals surface area contributed by atoms with Crippen LogP contribution in [0, 0.1) is 0 Å². The van der Waals surface area contributed by atoms with Gasteiger partial charge in [-0.15, -0.1) is 0 Å². The molecule has 0 amide bonds. The Morgan fingerprint density at radius 2 is 1.94 bits per heavy atom. The van der Waals surface area contributed by atoms with E-state index in [4.69, 9.17) is 0 Å². The molecule has 1 aliphatic heterocycles. The zero-order valence-electron chi connectivity index (χ0n) is 9.11. The molecule has 3 atom stereocenters. The Hall–Kier alpha value is -1.17. The van der Waals surface area contributed by atoms with E-state index in [-0.39, 0.29) is 0 Å². The lowest BCUT2D eigenvalue weighted by atomic mass is 10.2. The lowest BCUT2D eigenvalue weighted by Gasteiger charge is -2.17. The van der Waals surface area contributed by atoms with Crippen LogP contribution in [0.5, 0.6) is 0 Å². The molecule has 0 aliphatic carbocycles. The van der Waals surface area contributed by atoms with E-state index in [0.717, 1.165) is 5.69 Å². The van der Waals surface area contributed by atoms with Gasteiger partial charge in [-0.25, -0.2) is 0 Å². The minimum Gasteiger partial charge on any atom is -0.389 e. The van der Waals surface area contributed by atoms with Gasteiger partial charge in [-0.3, -0.25) is 4.98 Å². The highest BCUT2D eigenvalue weighted by Crippen LogP contribution is 2.21. The first-order valence-electron chi connectivity index (χ1n) is 5.33. The molecule has 1 saturated heterocycles. The molecule has 88 valence electrons. The smallest absolute Gasteiger partial charge is 0.0990 e. The highest BCUT2D eigenvalue weighted by Gasteiger charge is 2.29. The van der Waals surface area contributed by atoms with Crippen LogP contribution in [-0.2, 0) is 0 Å². The quantitative estimate of drug-likeness (QED) is 0.641. The molecule has 2 rings (SSSR count). The van der Waals surface area contributed by atoms with E-state index < -0.39 is 18.3 Å². The molecular weight excluding hydrogens is 208 g/mol. The second-order valence-electron chi connectivity index (χ2n) is 4.16. The molecule has 1 aromatic heterocycles. The van der Waals surface area contributed by atoms with Crippen LogP contribution >= 0.6 is 0 Å². The molecule has 5 nitrogen and oxygen atoms in total. The molecule has 2 heterocycles. The minimum atomic E-state index is -0.698. The van der Waals surface area contributed by atoms with E-state index in [2.05, 4.69) is 4.98 Å². The van der Waals surface area contributed by atoms with Gasteiger partial charge in [-0.05, 0) is 19.1 Å². The molecule has 2 unspecified atom stereocenters. The van der Waals surface area contributed by atoms with Crippen LogP contribution in [0.25, 0.3) is 0 Å². The van der Waals surface area contributed by atoms with Gasteiger partial charge in [0.25, 0.3) is 0 Å². The van der Waals surface area contributed by atoms with Crippen molar-refractivity contribution in [2.45, 2.75) is 25.2 Å². The summed E-state index contributed by atoms with van der Waals surface area (Å²) in [4.78, 5) is 5.99. The topological polar surface area (TPSA) is 76.8 Å². The van der Waals surface area contributed by atoms with Crippen molar-refractivity contribution in [1.29, 1.82) is 0 Å². The van der Waals surface area contributed by atoms with Crippen molar-refractivity contribution < 1.29 is 15.3 Å². The molecule has 0 spiro atoms. The number of rotatable bonds is 2. The molecule has 0 aromatic carbocycles. The average molecular weight is 224 g/mol. The number of β-amino-alcohol motifs (C(OH)–C–C–N with tert-alkyl or cyclic N) is 2. The number of aliphatic hydroxyl groups is 3. The standard InChI is InChI=1S/C11H16N2O3/c1-7(14)9-3-2-8(4-12-9)13-5-10(15)11(16)6-13/h2-4,7,10-11,14-16H,5-6H2,1H3/t7-,10?,11?/m1/s1. The molecule has 1 fully saturated rings. The van der Waals surface area contributed by atoms with Crippen LogP contribution in [-0.4, -0.2) is 45.6 Å². The van der Waals surface area contributed by atoms with Crippen molar-refractivity contribution in [3.05, 3.63) is 24.0 Å². The van der Waals surface area contributed by atoms with Crippen LogP contribution in [0.4, 0.5) is 5.69 Å². The summed E-state index contributed by atoms with van der Waals surface area (Å²) in [6.45, 7) is 2.49. The largest absolute Gasteiger partial charge is 0.389 e. The number of aliphatic hydroxyl groups excluding tert-OH is 3. The molecular formula is C11H16N2O3. The molecule has 0 bridgehead atoms. The highest BCUT2D eigenvalue weighted by molar-refractivity contribution is 5.46. The van der Waals surface area contributed by atoms with Crippen molar-refractivity contribution in [3.8, 4) is 0 Å². The fourth-order valence-electron chi connectivity index (χ4n) is 1.81. The lowest BCUT2D eigenvalue weighted by molar-refractivity contribution is 0.0572. The minimum absolute atomic E-state index is 0.414. The first kappa shape index (κ1) is 11.3. The van der Waals surface area contributed by atoms with Gasteiger partial charge in [-0.2, -0.15) is 0 Å². The third-order valence-corrected chi connectivity index (χ3v) is 2.82. The van der Waals surface area contributed by atoms with E-state index >= 15 is 0 Å². The van der Waals surface area contributed by atoms with Crippen molar-refractivity contribution in [2.24, 2.45) is 0 Å². The highest BCUT2D eigenvalue weighted by atomic mass is 16.3. The van der Waals surface area contributed by atoms with Crippen LogP contribution in [0.1, 0.15) is 18.7 Å². The Kier molecular flexibility index (Phi) is 3.09. The van der Waals surface area contributed by atoms with Crippen molar-refractivity contribution in [1.82, 2.24) is 4.98 Å². The van der Waals surface area contributed by atoms with Crippen LogP contribution in [0.3, 0.4) is 0 Å². The van der Waals surface area contributed by atoms with Gasteiger partial charge in [0.1, 0.15) is 0 Å². The molecule has 1 aliphatic rings. The van der Waals surface area contributed by atoms with Gasteiger partial charge in [-0.1, -0.05) is 0 Å². The fraction of sp³-hybridized carbons (Fsp3) is 0.545. The summed E-state index contributed by atoms with van der Waals surface area (Å²) >= 11 is 0. The van der Waals surface area contributed by atoms with Gasteiger partial charge in [0, 0.05) is 13.1 Å². The number of pyridine rings is 1. The fourth-order valence-corrected chi connectivity index (χ4v) is 1.81. The first-order chi connectivity index (χ1) is 7.58. The summed E-state index contributed by atoms with van der Waals surface area (Å²) in [5.41, 5.74) is 1.46. The van der Waals surface area contributed by atoms with E-state index in [1.54, 1.807) is 19.2 Å². The summed E-state index contributed by atoms with van der Waals surface area (Å²) in [7, 11) is 0. The predicted molar refractivity (Wildman–Crippen MR) is 59.1 cm³/mol. The second-order valence-corrected chi connectivity index (χ2v) is 4.16. The Balaban J connectivity index is 2.11. The van der Waals surface area contributed by atoms with E-state index in [0.29, 0.717) is 18.8 Å². The molecule has 3 N–H and O–H groups in total. The third-order valence-electron chi connectivity index (χ3n) is 2.82. The summed E-state index contributed by atoms with van der Waals surface area (Å²) in [5.74, 6) is 0.